The van der Waals surface area contributed by atoms with Crippen LogP contribution in [-0.2, 0) is 0 Å². The molecule has 0 aliphatic rings. The van der Waals surface area contributed by atoms with E-state index in [1.807, 2.05) is 0 Å². The molecule has 0 aromatic rings. The zero-order valence-corrected chi connectivity index (χ0v) is 22.2. The molecule has 0 aliphatic carbocycles. The third-order valence-corrected chi connectivity index (χ3v) is 6.80. The maximum atomic E-state index is 11.5. The van der Waals surface area contributed by atoms with Gasteiger partial charge in [-0.2, -0.15) is 0 Å². The molecule has 0 N–H and O–H groups in total. The zero-order chi connectivity index (χ0) is 22.9. The molecule has 0 rings (SSSR count). The van der Waals surface area contributed by atoms with E-state index in [0.29, 0.717) is 0 Å². The second kappa shape index (κ2) is 24.6. The molecule has 0 aromatic carbocycles. The fraction of sp³-hybridized carbons (Fsp3) is 1.00. The molecule has 0 unspecified atom stereocenters. The molecule has 0 saturated heterocycles. The van der Waals surface area contributed by atoms with Gasteiger partial charge in [0.15, 0.2) is 0 Å². The van der Waals surface area contributed by atoms with Crippen LogP contribution in [0.15, 0.2) is 0 Å². The molecule has 2 nitrogen and oxygen atoms in total. The SMILES string of the molecule is CCCCCCCCCCCCCCCCCCCCCCCCCCC[N+](C)(C)[O-]. The number of hydroxylamine groups is 3. The van der Waals surface area contributed by atoms with E-state index in [1.165, 1.54) is 154 Å². The van der Waals surface area contributed by atoms with Crippen LogP contribution >= 0.6 is 0 Å². The lowest BCUT2D eigenvalue weighted by Crippen LogP contribution is -2.32. The summed E-state index contributed by atoms with van der Waals surface area (Å²) in [5.41, 5.74) is 0. The van der Waals surface area contributed by atoms with E-state index in [9.17, 15) is 5.21 Å². The van der Waals surface area contributed by atoms with Gasteiger partial charge in [0.05, 0.1) is 20.6 Å². The molecule has 0 bridgehead atoms. The molecular weight excluding hydrogens is 378 g/mol. The first-order valence-electron chi connectivity index (χ1n) is 14.6. The molecule has 31 heavy (non-hydrogen) atoms. The van der Waals surface area contributed by atoms with Crippen molar-refractivity contribution in [2.45, 2.75) is 167 Å². The van der Waals surface area contributed by atoms with Crippen molar-refractivity contribution in [3.8, 4) is 0 Å². The summed E-state index contributed by atoms with van der Waals surface area (Å²) in [5.74, 6) is 0. The minimum absolute atomic E-state index is 0.126. The predicted molar refractivity (Wildman–Crippen MR) is 141 cm³/mol. The van der Waals surface area contributed by atoms with Gasteiger partial charge in [-0.1, -0.05) is 155 Å². The molecule has 0 atom stereocenters. The summed E-state index contributed by atoms with van der Waals surface area (Å²) in [4.78, 5) is 0. The molecule has 0 fully saturated rings. The fourth-order valence-corrected chi connectivity index (χ4v) is 4.63. The number of unbranched alkanes of at least 4 members (excludes halogenated alkanes) is 24. The van der Waals surface area contributed by atoms with E-state index in [-0.39, 0.29) is 4.65 Å². The van der Waals surface area contributed by atoms with E-state index in [4.69, 9.17) is 0 Å². The normalized spacial score (nSPS) is 12.0. The zero-order valence-electron chi connectivity index (χ0n) is 22.2. The lowest BCUT2D eigenvalue weighted by atomic mass is 10.0. The van der Waals surface area contributed by atoms with Crippen LogP contribution in [0.3, 0.4) is 0 Å². The number of rotatable bonds is 26. The highest BCUT2D eigenvalue weighted by Gasteiger charge is 2.00. The van der Waals surface area contributed by atoms with Gasteiger partial charge >= 0.3 is 0 Å². The van der Waals surface area contributed by atoms with E-state index in [1.54, 1.807) is 14.1 Å². The van der Waals surface area contributed by atoms with Crippen LogP contribution in [0.2, 0.25) is 0 Å². The van der Waals surface area contributed by atoms with Gasteiger partial charge in [0.2, 0.25) is 0 Å². The summed E-state index contributed by atoms with van der Waals surface area (Å²) < 4.78 is -0.126. The van der Waals surface area contributed by atoms with Gasteiger partial charge in [0.25, 0.3) is 0 Å². The van der Waals surface area contributed by atoms with Gasteiger partial charge in [0, 0.05) is 0 Å². The minimum Gasteiger partial charge on any atom is -0.633 e. The summed E-state index contributed by atoms with van der Waals surface area (Å²) in [6.07, 6.45) is 35.6. The third kappa shape index (κ3) is 29.9. The van der Waals surface area contributed by atoms with Crippen molar-refractivity contribution in [3.05, 3.63) is 5.21 Å². The highest BCUT2D eigenvalue weighted by Crippen LogP contribution is 2.15. The summed E-state index contributed by atoms with van der Waals surface area (Å²) in [6.45, 7) is 3.08. The number of nitrogens with zero attached hydrogens (tertiary/aromatic N) is 1. The Balaban J connectivity index is 3.02. The van der Waals surface area contributed by atoms with Crippen LogP contribution < -0.4 is 0 Å². The van der Waals surface area contributed by atoms with E-state index < -0.39 is 0 Å². The van der Waals surface area contributed by atoms with Crippen LogP contribution in [0.1, 0.15) is 167 Å². The minimum atomic E-state index is -0.126. The van der Waals surface area contributed by atoms with Crippen LogP contribution in [0.25, 0.3) is 0 Å². The maximum absolute atomic E-state index is 11.5. The Hall–Kier alpha value is -0.0800. The van der Waals surface area contributed by atoms with Crippen molar-refractivity contribution in [1.82, 2.24) is 0 Å². The van der Waals surface area contributed by atoms with Gasteiger partial charge < -0.3 is 9.85 Å². The fourth-order valence-electron chi connectivity index (χ4n) is 4.63. The largest absolute Gasteiger partial charge is 0.633 e. The Labute approximate surface area is 198 Å². The first-order valence-corrected chi connectivity index (χ1v) is 14.6. The van der Waals surface area contributed by atoms with E-state index in [2.05, 4.69) is 6.92 Å². The van der Waals surface area contributed by atoms with Crippen molar-refractivity contribution in [2.75, 3.05) is 20.6 Å². The van der Waals surface area contributed by atoms with Crippen LogP contribution in [0, 0.1) is 5.21 Å². The molecule has 0 amide bonds. The molecule has 2 heteroatoms. The monoisotopic (exact) mass is 439 g/mol. The summed E-state index contributed by atoms with van der Waals surface area (Å²) in [6, 6.07) is 0. The average Bonchev–Trinajstić information content (AvgIpc) is 2.73. The molecular formula is C29H61NO. The van der Waals surface area contributed by atoms with Crippen molar-refractivity contribution >= 4 is 0 Å². The molecule has 0 heterocycles. The predicted octanol–water partition coefficient (Wildman–Crippen LogP) is 10.3. The van der Waals surface area contributed by atoms with Gasteiger partial charge in [-0.25, -0.2) is 0 Å². The van der Waals surface area contributed by atoms with Crippen molar-refractivity contribution in [1.29, 1.82) is 0 Å². The number of hydrogen-bond acceptors (Lipinski definition) is 1. The summed E-state index contributed by atoms with van der Waals surface area (Å²) >= 11 is 0. The van der Waals surface area contributed by atoms with E-state index >= 15 is 0 Å². The first kappa shape index (κ1) is 30.9. The Morgan fingerprint density at radius 1 is 0.355 bits per heavy atom. The molecule has 0 radical (unpaired) electrons. The summed E-state index contributed by atoms with van der Waals surface area (Å²) in [7, 11) is 3.50. The van der Waals surface area contributed by atoms with Crippen molar-refractivity contribution in [2.24, 2.45) is 0 Å². The van der Waals surface area contributed by atoms with Crippen LogP contribution in [0.4, 0.5) is 0 Å². The van der Waals surface area contributed by atoms with Gasteiger partial charge in [0.1, 0.15) is 0 Å². The highest BCUT2D eigenvalue weighted by molar-refractivity contribution is 4.51. The maximum Gasteiger partial charge on any atom is 0.0779 e. The molecule has 188 valence electrons. The Morgan fingerprint density at radius 2 is 0.548 bits per heavy atom. The van der Waals surface area contributed by atoms with Crippen LogP contribution in [0.5, 0.6) is 0 Å². The van der Waals surface area contributed by atoms with E-state index in [0.717, 1.165) is 13.0 Å². The lowest BCUT2D eigenvalue weighted by Gasteiger charge is -2.33. The summed E-state index contributed by atoms with van der Waals surface area (Å²) in [5, 5.41) is 11.5. The highest BCUT2D eigenvalue weighted by atomic mass is 16.5. The van der Waals surface area contributed by atoms with Gasteiger partial charge in [-0.15, -0.1) is 0 Å². The Kier molecular flexibility index (Phi) is 24.5. The quantitative estimate of drug-likeness (QED) is 0.0746. The first-order chi connectivity index (χ1) is 15.1. The Morgan fingerprint density at radius 3 is 0.742 bits per heavy atom. The Bertz CT molecular complexity index is 323. The van der Waals surface area contributed by atoms with Gasteiger partial charge in [-0.05, 0) is 12.8 Å². The van der Waals surface area contributed by atoms with Crippen molar-refractivity contribution in [3.63, 3.8) is 0 Å². The smallest absolute Gasteiger partial charge is 0.0779 e. The van der Waals surface area contributed by atoms with Gasteiger partial charge in [-0.3, -0.25) is 0 Å². The lowest BCUT2D eigenvalue weighted by molar-refractivity contribution is -0.840. The molecule has 0 spiro atoms. The van der Waals surface area contributed by atoms with Crippen molar-refractivity contribution < 1.29 is 4.65 Å². The average molecular weight is 440 g/mol. The number of quaternary nitrogens is 1. The third-order valence-electron chi connectivity index (χ3n) is 6.80. The number of hydrogen-bond donors (Lipinski definition) is 0. The standard InChI is InChI=1S/C29H61NO/c1-4-5-6-7-8-9-10-11-12-13-14-15-16-17-18-19-20-21-22-23-24-25-26-27-28-29-30(2,3)31/h4-29H2,1-3H3. The molecule has 0 saturated carbocycles. The second-order valence-corrected chi connectivity index (χ2v) is 10.8. The second-order valence-electron chi connectivity index (χ2n) is 10.8. The topological polar surface area (TPSA) is 23.1 Å². The molecule has 0 aromatic heterocycles. The van der Waals surface area contributed by atoms with Crippen LogP contribution in [-0.4, -0.2) is 25.3 Å². The molecule has 0 aliphatic heterocycles.